The van der Waals surface area contributed by atoms with Gasteiger partial charge in [0.15, 0.2) is 0 Å². The Kier molecular flexibility index (Phi) is 3.45. The van der Waals surface area contributed by atoms with Crippen molar-refractivity contribution < 1.29 is 5.11 Å². The van der Waals surface area contributed by atoms with Crippen LogP contribution in [-0.2, 0) is 0 Å². The summed E-state index contributed by atoms with van der Waals surface area (Å²) in [7, 11) is 2.14. The molecular formula is C13H19NOS. The quantitative estimate of drug-likeness (QED) is 0.855. The van der Waals surface area contributed by atoms with Crippen molar-refractivity contribution in [3.8, 4) is 0 Å². The van der Waals surface area contributed by atoms with E-state index in [-0.39, 0.29) is 6.61 Å². The molecule has 3 heteroatoms. The van der Waals surface area contributed by atoms with E-state index in [0.29, 0.717) is 6.04 Å². The van der Waals surface area contributed by atoms with Gasteiger partial charge in [0.25, 0.3) is 0 Å². The van der Waals surface area contributed by atoms with E-state index >= 15 is 0 Å². The van der Waals surface area contributed by atoms with E-state index in [0.717, 1.165) is 12.2 Å². The molecule has 2 nitrogen and oxygen atoms in total. The average molecular weight is 237 g/mol. The van der Waals surface area contributed by atoms with Crippen LogP contribution in [0.5, 0.6) is 0 Å². The first-order valence-electron chi connectivity index (χ1n) is 5.71. The monoisotopic (exact) mass is 237 g/mol. The summed E-state index contributed by atoms with van der Waals surface area (Å²) in [6.45, 7) is 4.59. The Balaban J connectivity index is 2.36. The second kappa shape index (κ2) is 4.68. The van der Waals surface area contributed by atoms with E-state index in [1.807, 2.05) is 11.8 Å². The number of thioether (sulfide) groups is 1. The first-order chi connectivity index (χ1) is 7.63. The smallest absolute Gasteiger partial charge is 0.0534 e. The van der Waals surface area contributed by atoms with Gasteiger partial charge in [-0.25, -0.2) is 0 Å². The summed E-state index contributed by atoms with van der Waals surface area (Å²) in [6, 6.07) is 4.96. The molecule has 0 aliphatic carbocycles. The number of benzene rings is 1. The standard InChI is InChI=1S/C13H19NOS/c1-9-6-10(2)13-12(7-9)16-8-11(4-5-15)14(13)3/h6-7,11,15H,4-5,8H2,1-3H3. The molecule has 1 atom stereocenters. The predicted octanol–water partition coefficient (Wildman–Crippen LogP) is 2.60. The summed E-state index contributed by atoms with van der Waals surface area (Å²) < 4.78 is 0. The second-order valence-corrected chi connectivity index (χ2v) is 5.58. The van der Waals surface area contributed by atoms with E-state index in [1.54, 1.807) is 0 Å². The Labute approximate surface area is 102 Å². The fourth-order valence-corrected chi connectivity index (χ4v) is 3.86. The summed E-state index contributed by atoms with van der Waals surface area (Å²) in [5.41, 5.74) is 4.02. The van der Waals surface area contributed by atoms with Crippen molar-refractivity contribution in [2.45, 2.75) is 31.2 Å². The molecule has 0 radical (unpaired) electrons. The molecule has 0 saturated heterocycles. The molecule has 1 aromatic rings. The van der Waals surface area contributed by atoms with E-state index in [1.165, 1.54) is 21.7 Å². The number of hydrogen-bond donors (Lipinski definition) is 1. The van der Waals surface area contributed by atoms with Crippen LogP contribution in [0.4, 0.5) is 5.69 Å². The summed E-state index contributed by atoms with van der Waals surface area (Å²) in [4.78, 5) is 3.71. The van der Waals surface area contributed by atoms with Gasteiger partial charge >= 0.3 is 0 Å². The molecule has 0 fully saturated rings. The third-order valence-electron chi connectivity index (χ3n) is 3.20. The highest BCUT2D eigenvalue weighted by atomic mass is 32.2. The van der Waals surface area contributed by atoms with E-state index in [9.17, 15) is 0 Å². The lowest BCUT2D eigenvalue weighted by Gasteiger charge is -2.36. The van der Waals surface area contributed by atoms with Gasteiger partial charge in [0, 0.05) is 30.3 Å². The van der Waals surface area contributed by atoms with Crippen LogP contribution in [0.15, 0.2) is 17.0 Å². The van der Waals surface area contributed by atoms with Crippen molar-refractivity contribution in [2.75, 3.05) is 24.3 Å². The highest BCUT2D eigenvalue weighted by Gasteiger charge is 2.24. The molecule has 0 amide bonds. The third-order valence-corrected chi connectivity index (χ3v) is 4.38. The number of aryl methyl sites for hydroxylation is 2. The first-order valence-corrected chi connectivity index (χ1v) is 6.69. The molecule has 0 bridgehead atoms. The van der Waals surface area contributed by atoms with Gasteiger partial charge in [-0.2, -0.15) is 0 Å². The zero-order chi connectivity index (χ0) is 11.7. The molecule has 2 rings (SSSR count). The SMILES string of the molecule is Cc1cc(C)c2c(c1)SCC(CCO)N2C. The minimum atomic E-state index is 0.274. The largest absolute Gasteiger partial charge is 0.396 e. The van der Waals surface area contributed by atoms with Gasteiger partial charge in [-0.05, 0) is 37.5 Å². The number of hydrogen-bond acceptors (Lipinski definition) is 3. The minimum Gasteiger partial charge on any atom is -0.396 e. The first kappa shape index (κ1) is 11.8. The van der Waals surface area contributed by atoms with Gasteiger partial charge in [-0.3, -0.25) is 0 Å². The number of nitrogens with zero attached hydrogens (tertiary/aromatic N) is 1. The van der Waals surface area contributed by atoms with E-state index in [2.05, 4.69) is 37.9 Å². The van der Waals surface area contributed by atoms with Gasteiger partial charge in [0.2, 0.25) is 0 Å². The Morgan fingerprint density at radius 2 is 2.19 bits per heavy atom. The Morgan fingerprint density at radius 3 is 2.88 bits per heavy atom. The summed E-state index contributed by atoms with van der Waals surface area (Å²) in [5.74, 6) is 1.08. The van der Waals surface area contributed by atoms with Crippen LogP contribution in [0.1, 0.15) is 17.5 Å². The molecular weight excluding hydrogens is 218 g/mol. The molecule has 1 heterocycles. The van der Waals surface area contributed by atoms with Crippen molar-refractivity contribution in [1.29, 1.82) is 0 Å². The second-order valence-electron chi connectivity index (χ2n) is 4.52. The fourth-order valence-electron chi connectivity index (χ4n) is 2.39. The normalized spacial score (nSPS) is 19.8. The van der Waals surface area contributed by atoms with Crippen LogP contribution < -0.4 is 4.90 Å². The lowest BCUT2D eigenvalue weighted by molar-refractivity contribution is 0.278. The molecule has 16 heavy (non-hydrogen) atoms. The van der Waals surface area contributed by atoms with Crippen molar-refractivity contribution in [3.05, 3.63) is 23.3 Å². The molecule has 1 aromatic carbocycles. The average Bonchev–Trinajstić information content (AvgIpc) is 2.21. The van der Waals surface area contributed by atoms with Gasteiger partial charge in [0.1, 0.15) is 0 Å². The predicted molar refractivity (Wildman–Crippen MR) is 70.5 cm³/mol. The van der Waals surface area contributed by atoms with E-state index < -0.39 is 0 Å². The molecule has 1 aliphatic rings. The summed E-state index contributed by atoms with van der Waals surface area (Å²) in [6.07, 6.45) is 0.857. The maximum atomic E-state index is 9.06. The Hall–Kier alpha value is -0.670. The van der Waals surface area contributed by atoms with Crippen molar-refractivity contribution in [1.82, 2.24) is 0 Å². The molecule has 0 saturated carbocycles. The van der Waals surface area contributed by atoms with Crippen molar-refractivity contribution >= 4 is 17.4 Å². The molecule has 88 valence electrons. The minimum absolute atomic E-state index is 0.274. The van der Waals surface area contributed by atoms with E-state index in [4.69, 9.17) is 5.11 Å². The van der Waals surface area contributed by atoms with Crippen LogP contribution in [0.25, 0.3) is 0 Å². The van der Waals surface area contributed by atoms with Gasteiger partial charge in [-0.1, -0.05) is 6.07 Å². The molecule has 1 aliphatic heterocycles. The topological polar surface area (TPSA) is 23.5 Å². The number of aliphatic hydroxyl groups excluding tert-OH is 1. The lowest BCUT2D eigenvalue weighted by Crippen LogP contribution is -2.37. The van der Waals surface area contributed by atoms with Crippen LogP contribution in [0.2, 0.25) is 0 Å². The van der Waals surface area contributed by atoms with Gasteiger partial charge < -0.3 is 10.0 Å². The summed E-state index contributed by atoms with van der Waals surface area (Å²) >= 11 is 1.92. The Bertz CT molecular complexity index is 392. The van der Waals surface area contributed by atoms with Crippen LogP contribution in [0, 0.1) is 13.8 Å². The third kappa shape index (κ3) is 2.06. The van der Waals surface area contributed by atoms with Crippen LogP contribution >= 0.6 is 11.8 Å². The van der Waals surface area contributed by atoms with Gasteiger partial charge in [0.05, 0.1) is 5.69 Å². The molecule has 1 N–H and O–H groups in total. The van der Waals surface area contributed by atoms with Crippen LogP contribution in [0.3, 0.4) is 0 Å². The zero-order valence-corrected chi connectivity index (χ0v) is 11.0. The highest BCUT2D eigenvalue weighted by Crippen LogP contribution is 2.40. The lowest BCUT2D eigenvalue weighted by atomic mass is 10.1. The highest BCUT2D eigenvalue weighted by molar-refractivity contribution is 7.99. The van der Waals surface area contributed by atoms with Crippen molar-refractivity contribution in [2.24, 2.45) is 0 Å². The van der Waals surface area contributed by atoms with Crippen molar-refractivity contribution in [3.63, 3.8) is 0 Å². The number of anilines is 1. The molecule has 0 spiro atoms. The van der Waals surface area contributed by atoms with Gasteiger partial charge in [-0.15, -0.1) is 11.8 Å². The zero-order valence-electron chi connectivity index (χ0n) is 10.2. The number of rotatable bonds is 2. The number of fused-ring (bicyclic) bond motifs is 1. The van der Waals surface area contributed by atoms with Crippen LogP contribution in [-0.4, -0.2) is 30.6 Å². The number of aliphatic hydroxyl groups is 1. The molecule has 1 unspecified atom stereocenters. The summed E-state index contributed by atoms with van der Waals surface area (Å²) in [5, 5.41) is 9.06. The Morgan fingerprint density at radius 1 is 1.44 bits per heavy atom. The maximum absolute atomic E-state index is 9.06. The maximum Gasteiger partial charge on any atom is 0.0534 e. The fraction of sp³-hybridized carbons (Fsp3) is 0.538. The molecule has 0 aromatic heterocycles.